The molecule has 1 fully saturated rings. The van der Waals surface area contributed by atoms with Crippen LogP contribution in [0.4, 0.5) is 0 Å². The summed E-state index contributed by atoms with van der Waals surface area (Å²) >= 11 is 0. The normalized spacial score (nSPS) is 17.5. The Morgan fingerprint density at radius 2 is 1.94 bits per heavy atom. The molecule has 1 aromatic carbocycles. The van der Waals surface area contributed by atoms with Gasteiger partial charge in [0.2, 0.25) is 0 Å². The van der Waals surface area contributed by atoms with Crippen molar-refractivity contribution < 1.29 is 14.2 Å². The quantitative estimate of drug-likeness (QED) is 0.828. The fourth-order valence-electron chi connectivity index (χ4n) is 2.40. The van der Waals surface area contributed by atoms with Gasteiger partial charge in [-0.1, -0.05) is 24.6 Å². The number of aryl methyl sites for hydroxylation is 1. The summed E-state index contributed by atoms with van der Waals surface area (Å²) in [6, 6.07) is 7.86. The Morgan fingerprint density at radius 1 is 1.22 bits per heavy atom. The van der Waals surface area contributed by atoms with Gasteiger partial charge in [0.15, 0.2) is 6.16 Å². The monoisotopic (exact) mass is 267 g/mol. The maximum absolute atomic E-state index is 10.8. The van der Waals surface area contributed by atoms with E-state index < -0.39 is 8.03 Å². The highest BCUT2D eigenvalue weighted by molar-refractivity contribution is 7.37. The van der Waals surface area contributed by atoms with Crippen molar-refractivity contribution in [2.75, 3.05) is 6.16 Å². The molecule has 0 heterocycles. The molecule has 0 amide bonds. The summed E-state index contributed by atoms with van der Waals surface area (Å²) < 4.78 is 16.8. The average Bonchev–Trinajstić information content (AvgIpc) is 2.39. The summed E-state index contributed by atoms with van der Waals surface area (Å²) in [5.41, 5.74) is 1.04. The molecule has 0 bridgehead atoms. The first-order chi connectivity index (χ1) is 8.75. The van der Waals surface area contributed by atoms with Crippen molar-refractivity contribution in [2.45, 2.75) is 44.6 Å². The van der Waals surface area contributed by atoms with Crippen molar-refractivity contribution in [3.8, 4) is 5.75 Å². The summed E-state index contributed by atoms with van der Waals surface area (Å²) in [6.45, 7) is 0. The molecule has 0 radical (unpaired) electrons. The molecular weight excluding hydrogens is 247 g/mol. The highest BCUT2D eigenvalue weighted by Gasteiger charge is 2.17. The van der Waals surface area contributed by atoms with E-state index in [1.165, 1.54) is 19.3 Å². The van der Waals surface area contributed by atoms with Gasteiger partial charge in [0.05, 0.1) is 6.10 Å². The van der Waals surface area contributed by atoms with Crippen LogP contribution < -0.4 is 4.74 Å². The van der Waals surface area contributed by atoms with Crippen LogP contribution in [-0.4, -0.2) is 17.2 Å². The van der Waals surface area contributed by atoms with Gasteiger partial charge in [-0.05, 0) is 41.9 Å². The number of rotatable bonds is 5. The molecule has 3 nitrogen and oxygen atoms in total. The summed E-state index contributed by atoms with van der Waals surface area (Å²) in [7, 11) is -2.06. The van der Waals surface area contributed by atoms with Crippen molar-refractivity contribution in [3.05, 3.63) is 29.8 Å². The summed E-state index contributed by atoms with van der Waals surface area (Å²) in [5.74, 6) is 0.890. The van der Waals surface area contributed by atoms with Crippen LogP contribution in [0.15, 0.2) is 24.3 Å². The molecule has 18 heavy (non-hydrogen) atoms. The number of benzene rings is 1. The molecule has 0 aromatic heterocycles. The number of ether oxygens (including phenoxy) is 1. The van der Waals surface area contributed by atoms with E-state index in [-0.39, 0.29) is 0 Å². The SMILES string of the molecule is O=[P+](O)CCc1ccccc1OC1CCCCC1. The molecule has 0 aliphatic heterocycles. The van der Waals surface area contributed by atoms with Crippen LogP contribution in [0.5, 0.6) is 5.75 Å². The number of hydrogen-bond donors (Lipinski definition) is 1. The van der Waals surface area contributed by atoms with Gasteiger partial charge in [0.25, 0.3) is 0 Å². The predicted octanol–water partition coefficient (Wildman–Crippen LogP) is 3.68. The molecule has 0 spiro atoms. The molecule has 0 saturated heterocycles. The van der Waals surface area contributed by atoms with Gasteiger partial charge in [0, 0.05) is 6.42 Å². The molecular formula is C14H20O3P+. The lowest BCUT2D eigenvalue weighted by atomic mass is 9.97. The van der Waals surface area contributed by atoms with E-state index in [2.05, 4.69) is 0 Å². The molecule has 1 aromatic rings. The van der Waals surface area contributed by atoms with Gasteiger partial charge in [0.1, 0.15) is 5.75 Å². The molecule has 1 unspecified atom stereocenters. The van der Waals surface area contributed by atoms with Crippen LogP contribution >= 0.6 is 8.03 Å². The zero-order chi connectivity index (χ0) is 12.8. The van der Waals surface area contributed by atoms with Gasteiger partial charge in [-0.3, -0.25) is 0 Å². The highest BCUT2D eigenvalue weighted by atomic mass is 31.1. The van der Waals surface area contributed by atoms with Crippen LogP contribution in [-0.2, 0) is 11.0 Å². The van der Waals surface area contributed by atoms with Crippen molar-refractivity contribution in [2.24, 2.45) is 0 Å². The van der Waals surface area contributed by atoms with E-state index in [0.717, 1.165) is 24.2 Å². The van der Waals surface area contributed by atoms with Crippen LogP contribution in [0.2, 0.25) is 0 Å². The third kappa shape index (κ3) is 4.08. The third-order valence-electron chi connectivity index (χ3n) is 3.39. The van der Waals surface area contributed by atoms with Gasteiger partial charge in [-0.2, -0.15) is 4.89 Å². The minimum absolute atomic E-state index is 0.306. The lowest BCUT2D eigenvalue weighted by molar-refractivity contribution is 0.153. The fraction of sp³-hybridized carbons (Fsp3) is 0.571. The minimum Gasteiger partial charge on any atom is -0.490 e. The van der Waals surface area contributed by atoms with Gasteiger partial charge in [-0.25, -0.2) is 0 Å². The standard InChI is InChI=1S/C14H19O3P/c15-18(16)11-10-12-6-4-5-9-14(12)17-13-7-2-1-3-8-13/h4-6,9,13H,1-3,7-8,10-11H2/p+1. The number of para-hydroxylation sites is 1. The highest BCUT2D eigenvalue weighted by Crippen LogP contribution is 2.27. The topological polar surface area (TPSA) is 46.5 Å². The van der Waals surface area contributed by atoms with Gasteiger partial charge in [-0.15, -0.1) is 0 Å². The third-order valence-corrected chi connectivity index (χ3v) is 4.00. The average molecular weight is 267 g/mol. The molecule has 1 aliphatic rings. The Morgan fingerprint density at radius 3 is 2.67 bits per heavy atom. The lowest BCUT2D eigenvalue weighted by Gasteiger charge is -2.24. The predicted molar refractivity (Wildman–Crippen MR) is 72.3 cm³/mol. The second kappa shape index (κ2) is 6.86. The first-order valence-electron chi connectivity index (χ1n) is 6.64. The second-order valence-electron chi connectivity index (χ2n) is 4.81. The Labute approximate surface area is 109 Å². The smallest absolute Gasteiger partial charge is 0.490 e. The first kappa shape index (κ1) is 13.5. The molecule has 2 rings (SSSR count). The Balaban J connectivity index is 1.99. The van der Waals surface area contributed by atoms with E-state index in [0.29, 0.717) is 18.7 Å². The van der Waals surface area contributed by atoms with Gasteiger partial charge >= 0.3 is 8.03 Å². The second-order valence-corrected chi connectivity index (χ2v) is 5.96. The summed E-state index contributed by atoms with van der Waals surface area (Å²) in [4.78, 5) is 8.89. The fourth-order valence-corrected chi connectivity index (χ4v) is 2.84. The van der Waals surface area contributed by atoms with Crippen molar-refractivity contribution in [1.82, 2.24) is 0 Å². The lowest BCUT2D eigenvalue weighted by Crippen LogP contribution is -2.20. The Hall–Kier alpha value is -0.920. The Bertz CT molecular complexity index is 400. The van der Waals surface area contributed by atoms with Crippen molar-refractivity contribution in [1.29, 1.82) is 0 Å². The molecule has 1 aliphatic carbocycles. The van der Waals surface area contributed by atoms with Crippen LogP contribution in [0, 0.1) is 0 Å². The van der Waals surface area contributed by atoms with E-state index in [1.807, 2.05) is 24.3 Å². The molecule has 1 N–H and O–H groups in total. The molecule has 1 saturated carbocycles. The molecule has 98 valence electrons. The van der Waals surface area contributed by atoms with E-state index in [1.54, 1.807) is 0 Å². The van der Waals surface area contributed by atoms with E-state index in [9.17, 15) is 4.57 Å². The van der Waals surface area contributed by atoms with E-state index in [4.69, 9.17) is 9.63 Å². The summed E-state index contributed by atoms with van der Waals surface area (Å²) in [5, 5.41) is 0. The van der Waals surface area contributed by atoms with Crippen molar-refractivity contribution >= 4 is 8.03 Å². The Kier molecular flexibility index (Phi) is 5.15. The van der Waals surface area contributed by atoms with Crippen LogP contribution in [0.25, 0.3) is 0 Å². The van der Waals surface area contributed by atoms with Gasteiger partial charge < -0.3 is 4.74 Å². The zero-order valence-corrected chi connectivity index (χ0v) is 11.4. The largest absolute Gasteiger partial charge is 0.505 e. The van der Waals surface area contributed by atoms with Crippen LogP contribution in [0.3, 0.4) is 0 Å². The first-order valence-corrected chi connectivity index (χ1v) is 8.03. The van der Waals surface area contributed by atoms with Crippen LogP contribution in [0.1, 0.15) is 37.7 Å². The zero-order valence-electron chi connectivity index (χ0n) is 10.5. The minimum atomic E-state index is -2.06. The summed E-state index contributed by atoms with van der Waals surface area (Å²) in [6.07, 6.45) is 7.29. The van der Waals surface area contributed by atoms with E-state index >= 15 is 0 Å². The maximum Gasteiger partial charge on any atom is 0.505 e. The molecule has 4 heteroatoms. The number of hydrogen-bond acceptors (Lipinski definition) is 2. The van der Waals surface area contributed by atoms with Crippen molar-refractivity contribution in [3.63, 3.8) is 0 Å². The maximum atomic E-state index is 10.8. The molecule has 1 atom stereocenters.